The number of carbonyl (C=O) groups excluding carboxylic acids is 2. The van der Waals surface area contributed by atoms with E-state index in [2.05, 4.69) is 0 Å². The number of hydrogen-bond donors (Lipinski definition) is 0. The molecule has 1 aliphatic rings. The number of ether oxygens (including phenoxy) is 1. The lowest BCUT2D eigenvalue weighted by Crippen LogP contribution is -2.44. The summed E-state index contributed by atoms with van der Waals surface area (Å²) in [5, 5.41) is 0. The number of carbonyl (C=O) groups is 2. The van der Waals surface area contributed by atoms with Gasteiger partial charge in [-0.15, -0.1) is 0 Å². The van der Waals surface area contributed by atoms with E-state index in [1.807, 2.05) is 85.8 Å². The summed E-state index contributed by atoms with van der Waals surface area (Å²) in [6.45, 7) is 1.97. The van der Waals surface area contributed by atoms with E-state index >= 15 is 0 Å². The van der Waals surface area contributed by atoms with Gasteiger partial charge in [-0.05, 0) is 48.2 Å². The number of hydrogen-bond acceptors (Lipinski definition) is 3. The maximum Gasteiger partial charge on any atom is 0.313 e. The van der Waals surface area contributed by atoms with E-state index in [1.54, 1.807) is 4.90 Å². The van der Waals surface area contributed by atoms with Crippen LogP contribution in [0.15, 0.2) is 78.9 Å². The van der Waals surface area contributed by atoms with E-state index in [0.717, 1.165) is 22.4 Å². The molecular formula is C25H23NO3. The van der Waals surface area contributed by atoms with E-state index in [0.29, 0.717) is 12.0 Å². The first-order chi connectivity index (χ1) is 14.1. The molecule has 2 unspecified atom stereocenters. The van der Waals surface area contributed by atoms with Gasteiger partial charge in [-0.2, -0.15) is 0 Å². The molecule has 0 saturated carbocycles. The van der Waals surface area contributed by atoms with Gasteiger partial charge in [0.25, 0.3) is 5.91 Å². The fourth-order valence-corrected chi connectivity index (χ4v) is 4.06. The van der Waals surface area contributed by atoms with Crippen LogP contribution in [-0.4, -0.2) is 25.0 Å². The van der Waals surface area contributed by atoms with Crippen molar-refractivity contribution in [3.05, 3.63) is 90.0 Å². The predicted octanol–water partition coefficient (Wildman–Crippen LogP) is 5.05. The molecule has 1 aliphatic heterocycles. The SMILES string of the molecule is COC(=O)C1CC(C)N(C(=O)c2ccc(-c3ccccc3)cc2)c2ccccc21. The Kier molecular flexibility index (Phi) is 5.17. The summed E-state index contributed by atoms with van der Waals surface area (Å²) in [4.78, 5) is 27.4. The van der Waals surface area contributed by atoms with Crippen LogP contribution in [0.5, 0.6) is 0 Å². The number of fused-ring (bicyclic) bond motifs is 1. The second-order valence-electron chi connectivity index (χ2n) is 7.34. The van der Waals surface area contributed by atoms with Gasteiger partial charge in [-0.25, -0.2) is 0 Å². The van der Waals surface area contributed by atoms with Gasteiger partial charge in [-0.3, -0.25) is 9.59 Å². The molecule has 4 nitrogen and oxygen atoms in total. The van der Waals surface area contributed by atoms with Crippen molar-refractivity contribution in [2.45, 2.75) is 25.3 Å². The van der Waals surface area contributed by atoms with Crippen LogP contribution in [0.1, 0.15) is 35.2 Å². The smallest absolute Gasteiger partial charge is 0.313 e. The lowest BCUT2D eigenvalue weighted by atomic mass is 9.85. The number of rotatable bonds is 3. The zero-order valence-electron chi connectivity index (χ0n) is 16.5. The zero-order chi connectivity index (χ0) is 20.4. The molecule has 3 aromatic rings. The van der Waals surface area contributed by atoms with Crippen LogP contribution < -0.4 is 4.90 Å². The highest BCUT2D eigenvalue weighted by atomic mass is 16.5. The van der Waals surface area contributed by atoms with Crippen LogP contribution in [0.3, 0.4) is 0 Å². The van der Waals surface area contributed by atoms with E-state index in [9.17, 15) is 9.59 Å². The third kappa shape index (κ3) is 3.54. The van der Waals surface area contributed by atoms with Gasteiger partial charge in [-0.1, -0.05) is 60.7 Å². The molecule has 146 valence electrons. The lowest BCUT2D eigenvalue weighted by Gasteiger charge is -2.38. The fourth-order valence-electron chi connectivity index (χ4n) is 4.06. The molecule has 1 amide bonds. The second kappa shape index (κ2) is 7.92. The molecule has 0 saturated heterocycles. The molecule has 2 atom stereocenters. The Labute approximate surface area is 170 Å². The highest BCUT2D eigenvalue weighted by Gasteiger charge is 2.37. The first kappa shape index (κ1) is 18.9. The Balaban J connectivity index is 1.67. The van der Waals surface area contributed by atoms with Crippen molar-refractivity contribution in [3.63, 3.8) is 0 Å². The van der Waals surface area contributed by atoms with Gasteiger partial charge in [0.15, 0.2) is 0 Å². The normalized spacial score (nSPS) is 18.1. The average Bonchev–Trinajstić information content (AvgIpc) is 2.78. The van der Waals surface area contributed by atoms with E-state index < -0.39 is 0 Å². The maximum absolute atomic E-state index is 13.4. The number of esters is 1. The topological polar surface area (TPSA) is 46.6 Å². The Morgan fingerprint density at radius 1 is 0.862 bits per heavy atom. The Morgan fingerprint density at radius 3 is 2.17 bits per heavy atom. The minimum absolute atomic E-state index is 0.0622. The van der Waals surface area contributed by atoms with Gasteiger partial charge in [0.1, 0.15) is 0 Å². The van der Waals surface area contributed by atoms with Crippen molar-refractivity contribution in [2.24, 2.45) is 0 Å². The summed E-state index contributed by atoms with van der Waals surface area (Å²) in [5.74, 6) is -0.674. The monoisotopic (exact) mass is 385 g/mol. The Hall–Kier alpha value is -3.40. The van der Waals surface area contributed by atoms with Gasteiger partial charge >= 0.3 is 5.97 Å². The van der Waals surface area contributed by atoms with E-state index in [-0.39, 0.29) is 23.8 Å². The largest absolute Gasteiger partial charge is 0.469 e. The Morgan fingerprint density at radius 2 is 1.48 bits per heavy atom. The minimum Gasteiger partial charge on any atom is -0.469 e. The summed E-state index contributed by atoms with van der Waals surface area (Å²) in [6.07, 6.45) is 0.539. The van der Waals surface area contributed by atoms with Crippen LogP contribution >= 0.6 is 0 Å². The second-order valence-corrected chi connectivity index (χ2v) is 7.34. The average molecular weight is 385 g/mol. The molecule has 0 aromatic heterocycles. The van der Waals surface area contributed by atoms with E-state index in [1.165, 1.54) is 7.11 Å². The first-order valence-electron chi connectivity index (χ1n) is 9.76. The Bertz CT molecular complexity index is 1030. The molecule has 29 heavy (non-hydrogen) atoms. The quantitative estimate of drug-likeness (QED) is 0.593. The minimum atomic E-state index is -0.351. The third-order valence-electron chi connectivity index (χ3n) is 5.53. The number of nitrogens with zero attached hydrogens (tertiary/aromatic N) is 1. The van der Waals surface area contributed by atoms with Crippen LogP contribution in [-0.2, 0) is 9.53 Å². The standard InChI is InChI=1S/C25H23NO3/c1-17-16-22(25(28)29-2)21-10-6-7-11-23(21)26(17)24(27)20-14-12-19(13-15-20)18-8-4-3-5-9-18/h3-15,17,22H,16H2,1-2H3. The van der Waals surface area contributed by atoms with Crippen LogP contribution in [0, 0.1) is 0 Å². The fraction of sp³-hybridized carbons (Fsp3) is 0.200. The molecule has 0 aliphatic carbocycles. The molecule has 0 radical (unpaired) electrons. The molecule has 0 bridgehead atoms. The number of para-hydroxylation sites is 1. The van der Waals surface area contributed by atoms with Crippen molar-refractivity contribution >= 4 is 17.6 Å². The number of benzene rings is 3. The predicted molar refractivity (Wildman–Crippen MR) is 114 cm³/mol. The van der Waals surface area contributed by atoms with Gasteiger partial charge in [0.2, 0.25) is 0 Å². The summed E-state index contributed by atoms with van der Waals surface area (Å²) in [5.41, 5.74) is 4.43. The summed E-state index contributed by atoms with van der Waals surface area (Å²) >= 11 is 0. The zero-order valence-corrected chi connectivity index (χ0v) is 16.5. The van der Waals surface area contributed by atoms with Crippen molar-refractivity contribution in [1.29, 1.82) is 0 Å². The molecule has 0 N–H and O–H groups in total. The summed E-state index contributed by atoms with van der Waals surface area (Å²) in [6, 6.07) is 25.2. The van der Waals surface area contributed by atoms with Gasteiger partial charge in [0, 0.05) is 17.3 Å². The first-order valence-corrected chi connectivity index (χ1v) is 9.76. The van der Waals surface area contributed by atoms with Crippen molar-refractivity contribution in [3.8, 4) is 11.1 Å². The van der Waals surface area contributed by atoms with E-state index in [4.69, 9.17) is 4.74 Å². The van der Waals surface area contributed by atoms with Gasteiger partial charge in [0.05, 0.1) is 13.0 Å². The highest BCUT2D eigenvalue weighted by molar-refractivity contribution is 6.08. The molecule has 3 aromatic carbocycles. The maximum atomic E-state index is 13.4. The molecule has 0 spiro atoms. The van der Waals surface area contributed by atoms with Crippen molar-refractivity contribution in [2.75, 3.05) is 12.0 Å². The van der Waals surface area contributed by atoms with Crippen molar-refractivity contribution in [1.82, 2.24) is 0 Å². The summed E-state index contributed by atoms with van der Waals surface area (Å²) in [7, 11) is 1.40. The summed E-state index contributed by atoms with van der Waals surface area (Å²) < 4.78 is 4.99. The third-order valence-corrected chi connectivity index (χ3v) is 5.53. The molecule has 4 heteroatoms. The van der Waals surface area contributed by atoms with Crippen LogP contribution in [0.25, 0.3) is 11.1 Å². The van der Waals surface area contributed by atoms with Gasteiger partial charge < -0.3 is 9.64 Å². The molecule has 4 rings (SSSR count). The number of amides is 1. The molecular weight excluding hydrogens is 362 g/mol. The number of anilines is 1. The highest BCUT2D eigenvalue weighted by Crippen LogP contribution is 2.39. The van der Waals surface area contributed by atoms with Crippen LogP contribution in [0.2, 0.25) is 0 Å². The van der Waals surface area contributed by atoms with Crippen molar-refractivity contribution < 1.29 is 14.3 Å². The lowest BCUT2D eigenvalue weighted by molar-refractivity contribution is -0.142. The molecule has 0 fully saturated rings. The molecule has 1 heterocycles. The number of methoxy groups -OCH3 is 1. The van der Waals surface area contributed by atoms with Crippen LogP contribution in [0.4, 0.5) is 5.69 Å².